The molecule has 1 aromatic rings. The van der Waals surface area contributed by atoms with Crippen LogP contribution in [0.4, 0.5) is 0 Å². The molecule has 0 saturated heterocycles. The third-order valence-electron chi connectivity index (χ3n) is 2.99. The molecule has 1 rings (SSSR count). The first-order valence-corrected chi connectivity index (χ1v) is 6.95. The number of carbonyl (C=O) groups excluding carboxylic acids is 1. The van der Waals surface area contributed by atoms with E-state index in [9.17, 15) is 4.79 Å². The molecule has 0 radical (unpaired) electrons. The van der Waals surface area contributed by atoms with Gasteiger partial charge in [0.15, 0.2) is 0 Å². The first kappa shape index (κ1) is 15.9. The van der Waals surface area contributed by atoms with Crippen LogP contribution >= 0.6 is 11.6 Å². The van der Waals surface area contributed by atoms with Crippen molar-refractivity contribution in [2.45, 2.75) is 39.8 Å². The fourth-order valence-corrected chi connectivity index (χ4v) is 2.27. The van der Waals surface area contributed by atoms with Crippen molar-refractivity contribution in [1.82, 2.24) is 15.2 Å². The van der Waals surface area contributed by atoms with Gasteiger partial charge < -0.3 is 5.32 Å². The molecule has 0 saturated carbocycles. The van der Waals surface area contributed by atoms with Gasteiger partial charge in [0, 0.05) is 31.4 Å². The highest BCUT2D eigenvalue weighted by Crippen LogP contribution is 2.11. The molecule has 0 aliphatic carbocycles. The van der Waals surface area contributed by atoms with Crippen LogP contribution in [0.15, 0.2) is 18.3 Å². The molecule has 0 atom stereocenters. The zero-order chi connectivity index (χ0) is 14.4. The molecule has 4 nitrogen and oxygen atoms in total. The van der Waals surface area contributed by atoms with Crippen LogP contribution in [0, 0.1) is 0 Å². The van der Waals surface area contributed by atoms with Crippen molar-refractivity contribution >= 4 is 17.5 Å². The minimum absolute atomic E-state index is 0.175. The second kappa shape index (κ2) is 7.46. The molecule has 0 aliphatic heterocycles. The second-order valence-electron chi connectivity index (χ2n) is 5.02. The molecule has 1 amide bonds. The zero-order valence-electron chi connectivity index (χ0n) is 12.0. The Morgan fingerprint density at radius 1 is 1.37 bits per heavy atom. The maximum absolute atomic E-state index is 11.9. The summed E-state index contributed by atoms with van der Waals surface area (Å²) in [5.74, 6) is -0.175. The monoisotopic (exact) mass is 283 g/mol. The third kappa shape index (κ3) is 4.80. The van der Waals surface area contributed by atoms with Crippen LogP contribution in [0.5, 0.6) is 0 Å². The summed E-state index contributed by atoms with van der Waals surface area (Å²) in [4.78, 5) is 18.2. The van der Waals surface area contributed by atoms with E-state index in [2.05, 4.69) is 42.9 Å². The summed E-state index contributed by atoms with van der Waals surface area (Å²) in [5, 5.41) is 3.12. The predicted octanol–water partition coefficient (Wildman–Crippen LogP) is 2.58. The number of hydrogen-bond acceptors (Lipinski definition) is 3. The number of aromatic nitrogens is 1. The fraction of sp³-hybridized carbons (Fsp3) is 0.571. The normalized spacial score (nSPS) is 11.4. The molecule has 106 valence electrons. The molecular weight excluding hydrogens is 262 g/mol. The van der Waals surface area contributed by atoms with Gasteiger partial charge in [0.05, 0.1) is 5.56 Å². The second-order valence-corrected chi connectivity index (χ2v) is 5.38. The number of rotatable bonds is 6. The predicted molar refractivity (Wildman–Crippen MR) is 78.6 cm³/mol. The van der Waals surface area contributed by atoms with E-state index in [-0.39, 0.29) is 11.1 Å². The lowest BCUT2D eigenvalue weighted by atomic mass is 10.2. The lowest BCUT2D eigenvalue weighted by Crippen LogP contribution is -2.42. The van der Waals surface area contributed by atoms with Crippen molar-refractivity contribution in [2.24, 2.45) is 0 Å². The summed E-state index contributed by atoms with van der Waals surface area (Å²) in [6, 6.07) is 4.29. The van der Waals surface area contributed by atoms with Crippen molar-refractivity contribution < 1.29 is 4.79 Å². The van der Waals surface area contributed by atoms with Crippen molar-refractivity contribution in [3.05, 3.63) is 29.0 Å². The topological polar surface area (TPSA) is 45.2 Å². The summed E-state index contributed by atoms with van der Waals surface area (Å²) in [5.41, 5.74) is 0.421. The summed E-state index contributed by atoms with van der Waals surface area (Å²) in [7, 11) is 0. The van der Waals surface area contributed by atoms with Gasteiger partial charge in [-0.15, -0.1) is 0 Å². The molecule has 1 aromatic heterocycles. The minimum Gasteiger partial charge on any atom is -0.351 e. The van der Waals surface area contributed by atoms with Gasteiger partial charge in [-0.1, -0.05) is 11.6 Å². The van der Waals surface area contributed by atoms with Crippen LogP contribution in [0.3, 0.4) is 0 Å². The fourth-order valence-electron chi connectivity index (χ4n) is 2.06. The van der Waals surface area contributed by atoms with Crippen LogP contribution in [-0.4, -0.2) is 41.0 Å². The molecule has 0 aromatic carbocycles. The highest BCUT2D eigenvalue weighted by molar-refractivity contribution is 6.32. The number of hydrogen-bond donors (Lipinski definition) is 1. The number of pyridine rings is 1. The molecule has 0 aliphatic rings. The number of amides is 1. The van der Waals surface area contributed by atoms with Gasteiger partial charge in [-0.2, -0.15) is 0 Å². The van der Waals surface area contributed by atoms with E-state index in [0.29, 0.717) is 24.2 Å². The summed E-state index contributed by atoms with van der Waals surface area (Å²) < 4.78 is 0. The van der Waals surface area contributed by atoms with Gasteiger partial charge in [-0.3, -0.25) is 9.69 Å². The molecular formula is C14H22ClN3O. The summed E-state index contributed by atoms with van der Waals surface area (Å²) >= 11 is 5.88. The summed E-state index contributed by atoms with van der Waals surface area (Å²) in [6.07, 6.45) is 1.57. The Kier molecular flexibility index (Phi) is 6.25. The van der Waals surface area contributed by atoms with Crippen LogP contribution in [0.25, 0.3) is 0 Å². The Morgan fingerprint density at radius 3 is 2.53 bits per heavy atom. The molecule has 1 heterocycles. The van der Waals surface area contributed by atoms with Crippen molar-refractivity contribution in [3.63, 3.8) is 0 Å². The van der Waals surface area contributed by atoms with Crippen molar-refractivity contribution in [3.8, 4) is 0 Å². The standard InChI is InChI=1S/C14H22ClN3O/c1-10(2)18(11(3)4)9-8-17-14(19)12-6-5-7-16-13(12)15/h5-7,10-11H,8-9H2,1-4H3,(H,17,19). The SMILES string of the molecule is CC(C)N(CCNC(=O)c1cccnc1Cl)C(C)C. The molecule has 0 bridgehead atoms. The van der Waals surface area contributed by atoms with Gasteiger partial charge in [0.25, 0.3) is 5.91 Å². The molecule has 0 unspecified atom stereocenters. The van der Waals surface area contributed by atoms with E-state index in [4.69, 9.17) is 11.6 Å². The van der Waals surface area contributed by atoms with Gasteiger partial charge in [-0.05, 0) is 39.8 Å². The highest BCUT2D eigenvalue weighted by atomic mass is 35.5. The largest absolute Gasteiger partial charge is 0.351 e. The van der Waals surface area contributed by atoms with Gasteiger partial charge in [0.1, 0.15) is 5.15 Å². The van der Waals surface area contributed by atoms with Crippen LogP contribution in [0.1, 0.15) is 38.1 Å². The third-order valence-corrected chi connectivity index (χ3v) is 3.29. The van der Waals surface area contributed by atoms with Crippen molar-refractivity contribution in [1.29, 1.82) is 0 Å². The molecule has 0 fully saturated rings. The average molecular weight is 284 g/mol. The van der Waals surface area contributed by atoms with E-state index in [1.807, 2.05) is 0 Å². The average Bonchev–Trinajstić information content (AvgIpc) is 2.33. The molecule has 19 heavy (non-hydrogen) atoms. The Balaban J connectivity index is 2.49. The number of nitrogens with one attached hydrogen (secondary N) is 1. The van der Waals surface area contributed by atoms with E-state index in [1.165, 1.54) is 0 Å². The lowest BCUT2D eigenvalue weighted by molar-refractivity contribution is 0.0939. The first-order chi connectivity index (χ1) is 8.93. The maximum Gasteiger partial charge on any atom is 0.254 e. The maximum atomic E-state index is 11.9. The first-order valence-electron chi connectivity index (χ1n) is 6.58. The number of nitrogens with zero attached hydrogens (tertiary/aromatic N) is 2. The molecule has 5 heteroatoms. The Bertz CT molecular complexity index is 413. The Morgan fingerprint density at radius 2 is 2.00 bits per heavy atom. The Labute approximate surface area is 120 Å². The van der Waals surface area contributed by atoms with Gasteiger partial charge in [0.2, 0.25) is 0 Å². The number of carbonyl (C=O) groups is 1. The van der Waals surface area contributed by atoms with Crippen LogP contribution in [0.2, 0.25) is 5.15 Å². The Hall–Kier alpha value is -1.13. The van der Waals surface area contributed by atoms with E-state index >= 15 is 0 Å². The van der Waals surface area contributed by atoms with Crippen LogP contribution < -0.4 is 5.32 Å². The highest BCUT2D eigenvalue weighted by Gasteiger charge is 2.14. The van der Waals surface area contributed by atoms with E-state index in [0.717, 1.165) is 6.54 Å². The van der Waals surface area contributed by atoms with Gasteiger partial charge >= 0.3 is 0 Å². The van der Waals surface area contributed by atoms with E-state index < -0.39 is 0 Å². The zero-order valence-corrected chi connectivity index (χ0v) is 12.7. The molecule has 1 N–H and O–H groups in total. The van der Waals surface area contributed by atoms with Gasteiger partial charge in [-0.25, -0.2) is 4.98 Å². The van der Waals surface area contributed by atoms with Crippen LogP contribution in [-0.2, 0) is 0 Å². The number of halogens is 1. The lowest BCUT2D eigenvalue weighted by Gasteiger charge is -2.30. The quantitative estimate of drug-likeness (QED) is 0.816. The minimum atomic E-state index is -0.175. The summed E-state index contributed by atoms with van der Waals surface area (Å²) in [6.45, 7) is 10.0. The van der Waals surface area contributed by atoms with Crippen molar-refractivity contribution in [2.75, 3.05) is 13.1 Å². The van der Waals surface area contributed by atoms with E-state index in [1.54, 1.807) is 18.3 Å². The molecule has 0 spiro atoms. The smallest absolute Gasteiger partial charge is 0.254 e.